The van der Waals surface area contributed by atoms with Gasteiger partial charge in [-0.15, -0.1) is 0 Å². The van der Waals surface area contributed by atoms with Crippen molar-refractivity contribution in [3.05, 3.63) is 28.0 Å². The first-order valence-corrected chi connectivity index (χ1v) is 6.85. The maximum Gasteiger partial charge on any atom is 0.178 e. The Kier molecular flexibility index (Phi) is 2.75. The van der Waals surface area contributed by atoms with E-state index in [1.54, 1.807) is 0 Å². The Hall–Kier alpha value is -0.800. The van der Waals surface area contributed by atoms with E-state index in [0.717, 1.165) is 26.7 Å². The maximum absolute atomic E-state index is 6.07. The van der Waals surface area contributed by atoms with E-state index >= 15 is 0 Å². The predicted octanol–water partition coefficient (Wildman–Crippen LogP) is 4.71. The van der Waals surface area contributed by atoms with Crippen LogP contribution in [0.15, 0.2) is 18.2 Å². The Morgan fingerprint density at radius 3 is 2.88 bits per heavy atom. The van der Waals surface area contributed by atoms with E-state index in [1.165, 1.54) is 19.3 Å². The number of hydrogen-bond donors (Lipinski definition) is 1. The smallest absolute Gasteiger partial charge is 0.178 e. The third-order valence-corrected chi connectivity index (χ3v) is 4.45. The Labute approximate surface area is 111 Å². The van der Waals surface area contributed by atoms with Gasteiger partial charge in [0.25, 0.3) is 0 Å². The van der Waals surface area contributed by atoms with Crippen molar-refractivity contribution in [2.24, 2.45) is 5.92 Å². The fourth-order valence-electron chi connectivity index (χ4n) is 2.63. The third-order valence-electron chi connectivity index (χ3n) is 3.92. The number of fused-ring (bicyclic) bond motifs is 1. The summed E-state index contributed by atoms with van der Waals surface area (Å²) in [5.41, 5.74) is 2.20. The number of nitrogens with zero attached hydrogens (tertiary/aromatic N) is 1. The highest BCUT2D eigenvalue weighted by Gasteiger charge is 2.26. The van der Waals surface area contributed by atoms with Gasteiger partial charge in [-0.2, -0.15) is 0 Å². The van der Waals surface area contributed by atoms with Crippen LogP contribution in [0, 0.1) is 10.7 Å². The summed E-state index contributed by atoms with van der Waals surface area (Å²) in [5, 5.41) is 0.765. The second kappa shape index (κ2) is 4.14. The van der Waals surface area contributed by atoms with Crippen LogP contribution in [0.2, 0.25) is 5.02 Å². The van der Waals surface area contributed by atoms with Crippen molar-refractivity contribution in [1.29, 1.82) is 0 Å². The number of aromatic nitrogens is 2. The van der Waals surface area contributed by atoms with Gasteiger partial charge >= 0.3 is 0 Å². The molecule has 1 atom stereocenters. The van der Waals surface area contributed by atoms with Gasteiger partial charge in [0.2, 0.25) is 0 Å². The minimum Gasteiger partial charge on any atom is -0.331 e. The molecule has 0 amide bonds. The van der Waals surface area contributed by atoms with Crippen LogP contribution in [0.25, 0.3) is 11.0 Å². The van der Waals surface area contributed by atoms with Crippen LogP contribution >= 0.6 is 23.8 Å². The highest BCUT2D eigenvalue weighted by atomic mass is 35.5. The van der Waals surface area contributed by atoms with E-state index in [-0.39, 0.29) is 0 Å². The zero-order chi connectivity index (χ0) is 12.0. The molecule has 0 saturated heterocycles. The Bertz CT molecular complexity index is 609. The molecular weight excluding hydrogens is 252 g/mol. The molecule has 1 N–H and O–H groups in total. The zero-order valence-corrected chi connectivity index (χ0v) is 11.3. The van der Waals surface area contributed by atoms with Gasteiger partial charge in [0.05, 0.1) is 11.0 Å². The van der Waals surface area contributed by atoms with Crippen LogP contribution < -0.4 is 0 Å². The van der Waals surface area contributed by atoms with E-state index < -0.39 is 0 Å². The molecule has 17 heavy (non-hydrogen) atoms. The van der Waals surface area contributed by atoms with Gasteiger partial charge in [0.15, 0.2) is 4.77 Å². The zero-order valence-electron chi connectivity index (χ0n) is 9.74. The lowest BCUT2D eigenvalue weighted by Crippen LogP contribution is -2.22. The lowest BCUT2D eigenvalue weighted by molar-refractivity contribution is 0.224. The van der Waals surface area contributed by atoms with Gasteiger partial charge in [-0.1, -0.05) is 18.0 Å². The van der Waals surface area contributed by atoms with Crippen molar-refractivity contribution in [1.82, 2.24) is 9.55 Å². The van der Waals surface area contributed by atoms with Gasteiger partial charge < -0.3 is 9.55 Å². The summed E-state index contributed by atoms with van der Waals surface area (Å²) < 4.78 is 3.03. The SMILES string of the molecule is CC(C1CCC1)n1c(=S)[nH]c2ccc(Cl)cc21. The number of H-pyrrole nitrogens is 1. The van der Waals surface area contributed by atoms with Crippen LogP contribution in [-0.2, 0) is 0 Å². The topological polar surface area (TPSA) is 20.7 Å². The minimum absolute atomic E-state index is 0.462. The van der Waals surface area contributed by atoms with E-state index in [2.05, 4.69) is 16.5 Å². The third kappa shape index (κ3) is 1.81. The summed E-state index contributed by atoms with van der Waals surface area (Å²) in [6.45, 7) is 2.26. The standard InChI is InChI=1S/C13H15ClN2S/c1-8(9-3-2-4-9)16-12-7-10(14)5-6-11(12)15-13(16)17/h5-9H,2-4H2,1H3,(H,15,17). The first-order chi connectivity index (χ1) is 8.16. The van der Waals surface area contributed by atoms with Crippen LogP contribution in [0.5, 0.6) is 0 Å². The van der Waals surface area contributed by atoms with Gasteiger partial charge in [-0.25, -0.2) is 0 Å². The van der Waals surface area contributed by atoms with Crippen molar-refractivity contribution < 1.29 is 0 Å². The Morgan fingerprint density at radius 2 is 2.24 bits per heavy atom. The van der Waals surface area contributed by atoms with Crippen LogP contribution in [0.1, 0.15) is 32.2 Å². The summed E-state index contributed by atoms with van der Waals surface area (Å²) in [5.74, 6) is 0.764. The monoisotopic (exact) mass is 266 g/mol. The lowest BCUT2D eigenvalue weighted by Gasteiger charge is -2.32. The molecule has 1 aliphatic carbocycles. The fourth-order valence-corrected chi connectivity index (χ4v) is 3.17. The second-order valence-corrected chi connectivity index (χ2v) is 5.72. The molecule has 2 nitrogen and oxygen atoms in total. The number of aromatic amines is 1. The van der Waals surface area contributed by atoms with Crippen molar-refractivity contribution in [3.63, 3.8) is 0 Å². The quantitative estimate of drug-likeness (QED) is 0.781. The molecule has 3 rings (SSSR count). The molecule has 0 spiro atoms. The molecule has 0 bridgehead atoms. The van der Waals surface area contributed by atoms with E-state index in [4.69, 9.17) is 23.8 Å². The highest BCUT2D eigenvalue weighted by molar-refractivity contribution is 7.71. The highest BCUT2D eigenvalue weighted by Crippen LogP contribution is 2.37. The van der Waals surface area contributed by atoms with Crippen molar-refractivity contribution in [2.75, 3.05) is 0 Å². The van der Waals surface area contributed by atoms with Gasteiger partial charge in [-0.3, -0.25) is 0 Å². The number of nitrogens with one attached hydrogen (secondary N) is 1. The second-order valence-electron chi connectivity index (χ2n) is 4.89. The molecule has 0 radical (unpaired) electrons. The summed E-state index contributed by atoms with van der Waals surface area (Å²) in [6.07, 6.45) is 3.98. The lowest BCUT2D eigenvalue weighted by atomic mass is 9.80. The number of rotatable bonds is 2. The fraction of sp³-hybridized carbons (Fsp3) is 0.462. The molecule has 1 unspecified atom stereocenters. The molecule has 90 valence electrons. The summed E-state index contributed by atoms with van der Waals surface area (Å²) in [6, 6.07) is 6.35. The molecule has 0 aliphatic heterocycles. The average molecular weight is 267 g/mol. The Balaban J connectivity index is 2.16. The van der Waals surface area contributed by atoms with Gasteiger partial charge in [0.1, 0.15) is 0 Å². The molecule has 1 aliphatic rings. The molecule has 1 aromatic carbocycles. The number of benzene rings is 1. The summed E-state index contributed by atoms with van der Waals surface area (Å²) in [7, 11) is 0. The number of halogens is 1. The first-order valence-electron chi connectivity index (χ1n) is 6.06. The molecule has 1 saturated carbocycles. The largest absolute Gasteiger partial charge is 0.331 e. The number of hydrogen-bond acceptors (Lipinski definition) is 1. The molecular formula is C13H15ClN2S. The van der Waals surface area contributed by atoms with Crippen LogP contribution in [0.3, 0.4) is 0 Å². The van der Waals surface area contributed by atoms with Crippen LogP contribution in [-0.4, -0.2) is 9.55 Å². The summed E-state index contributed by atoms with van der Waals surface area (Å²) >= 11 is 11.5. The summed E-state index contributed by atoms with van der Waals surface area (Å²) in [4.78, 5) is 3.26. The molecule has 1 fully saturated rings. The maximum atomic E-state index is 6.07. The molecule has 1 heterocycles. The van der Waals surface area contributed by atoms with Crippen molar-refractivity contribution in [2.45, 2.75) is 32.2 Å². The van der Waals surface area contributed by atoms with E-state index in [1.807, 2.05) is 18.2 Å². The van der Waals surface area contributed by atoms with Crippen LogP contribution in [0.4, 0.5) is 0 Å². The van der Waals surface area contributed by atoms with Gasteiger partial charge in [0, 0.05) is 11.1 Å². The molecule has 1 aromatic heterocycles. The molecule has 4 heteroatoms. The van der Waals surface area contributed by atoms with E-state index in [0.29, 0.717) is 6.04 Å². The normalized spacial score (nSPS) is 18.2. The molecule has 2 aromatic rings. The average Bonchev–Trinajstić information content (AvgIpc) is 2.50. The van der Waals surface area contributed by atoms with Gasteiger partial charge in [-0.05, 0) is 56.1 Å². The van der Waals surface area contributed by atoms with Crippen molar-refractivity contribution >= 4 is 34.9 Å². The Morgan fingerprint density at radius 1 is 1.47 bits per heavy atom. The van der Waals surface area contributed by atoms with Crippen molar-refractivity contribution in [3.8, 4) is 0 Å². The number of imidazole rings is 1. The predicted molar refractivity (Wildman–Crippen MR) is 74.2 cm³/mol. The van der Waals surface area contributed by atoms with E-state index in [9.17, 15) is 0 Å². The first kappa shape index (κ1) is 11.3. The minimum atomic E-state index is 0.462.